The fourth-order valence-electron chi connectivity index (χ4n) is 1.16. The molecule has 0 fully saturated rings. The van der Waals surface area contributed by atoms with Crippen molar-refractivity contribution >= 4 is 13.9 Å². The monoisotopic (exact) mass is 202 g/mol. The minimum absolute atomic E-state index is 0.198. The third-order valence-electron chi connectivity index (χ3n) is 1.78. The van der Waals surface area contributed by atoms with Crippen molar-refractivity contribution in [2.75, 3.05) is 7.11 Å². The summed E-state index contributed by atoms with van der Waals surface area (Å²) < 4.78 is 4.54. The molecule has 0 aromatic carbocycles. The molecule has 0 amide bonds. The van der Waals surface area contributed by atoms with E-state index >= 15 is 0 Å². The third-order valence-corrected chi connectivity index (χ3v) is 4.65. The second-order valence-corrected chi connectivity index (χ2v) is 6.73. The van der Waals surface area contributed by atoms with Crippen LogP contribution in [0.5, 0.6) is 0 Å². The minimum atomic E-state index is -0.256. The molecule has 0 aliphatic heterocycles. The van der Waals surface area contributed by atoms with E-state index in [-0.39, 0.29) is 13.9 Å². The van der Waals surface area contributed by atoms with Crippen LogP contribution < -0.4 is 0 Å². The Morgan fingerprint density at radius 3 is 2.00 bits per heavy atom. The molecule has 0 rings (SSSR count). The number of carbonyl (C=O) groups excluding carboxylic acids is 1. The first-order chi connectivity index (χ1) is 5.99. The van der Waals surface area contributed by atoms with Crippen LogP contribution in [0.2, 0.25) is 0 Å². The van der Waals surface area contributed by atoms with Gasteiger partial charge in [-0.15, -0.1) is 0 Å². The number of methoxy groups -OCH3 is 1. The first kappa shape index (κ1) is 12.6. The normalized spacial score (nSPS) is 12.0. The zero-order chi connectivity index (χ0) is 10.4. The van der Waals surface area contributed by atoms with E-state index in [9.17, 15) is 4.79 Å². The highest BCUT2D eigenvalue weighted by Gasteiger charge is 2.13. The summed E-state index contributed by atoms with van der Waals surface area (Å²) in [6.07, 6.45) is 1.55. The van der Waals surface area contributed by atoms with Crippen molar-refractivity contribution in [3.05, 3.63) is 11.9 Å². The Balaban J connectivity index is 4.25. The van der Waals surface area contributed by atoms with Crippen molar-refractivity contribution in [2.24, 2.45) is 0 Å². The van der Waals surface area contributed by atoms with Crippen LogP contribution in [0.3, 0.4) is 0 Å². The molecule has 0 bridgehead atoms. The van der Waals surface area contributed by atoms with Crippen molar-refractivity contribution < 1.29 is 9.53 Å². The summed E-state index contributed by atoms with van der Waals surface area (Å²) in [7, 11) is 1.20. The Bertz CT molecular complexity index is 177. The van der Waals surface area contributed by atoms with E-state index in [2.05, 4.69) is 32.4 Å². The topological polar surface area (TPSA) is 26.3 Å². The fraction of sp³-hybridized carbons (Fsp3) is 0.700. The molecule has 0 aromatic heterocycles. The van der Waals surface area contributed by atoms with Gasteiger partial charge in [0, 0.05) is 6.08 Å². The lowest BCUT2D eigenvalue weighted by atomic mass is 10.5. The van der Waals surface area contributed by atoms with Gasteiger partial charge in [-0.2, -0.15) is 0 Å². The Morgan fingerprint density at radius 2 is 1.69 bits per heavy atom. The third kappa shape index (κ3) is 5.05. The zero-order valence-electron chi connectivity index (χ0n) is 9.07. The van der Waals surface area contributed by atoms with Gasteiger partial charge in [-0.05, 0) is 11.3 Å². The summed E-state index contributed by atoms with van der Waals surface area (Å²) in [5, 5.41) is 0. The van der Waals surface area contributed by atoms with E-state index in [1.165, 1.54) is 7.11 Å². The molecule has 0 N–H and O–H groups in total. The Morgan fingerprint density at radius 1 is 1.23 bits per heavy atom. The molecule has 0 unspecified atom stereocenters. The number of esters is 1. The van der Waals surface area contributed by atoms with Gasteiger partial charge in [0.25, 0.3) is 0 Å². The van der Waals surface area contributed by atoms with E-state index in [0.717, 1.165) is 0 Å². The lowest BCUT2D eigenvalue weighted by molar-refractivity contribution is -0.134. The molecule has 0 radical (unpaired) electrons. The Kier molecular flexibility index (Phi) is 5.98. The van der Waals surface area contributed by atoms with E-state index in [0.29, 0.717) is 11.3 Å². The number of rotatable bonds is 4. The summed E-state index contributed by atoms with van der Waals surface area (Å²) in [6.45, 7) is 8.75. The van der Waals surface area contributed by atoms with E-state index < -0.39 is 0 Å². The summed E-state index contributed by atoms with van der Waals surface area (Å²) in [4.78, 5) is 10.9. The molecule has 0 atom stereocenters. The SMILES string of the molecule is COC(=O)/C=C/P(C(C)C)C(C)C. The van der Waals surface area contributed by atoms with Crippen LogP contribution in [0.1, 0.15) is 27.7 Å². The van der Waals surface area contributed by atoms with Gasteiger partial charge in [0.2, 0.25) is 0 Å². The first-order valence-electron chi connectivity index (χ1n) is 4.52. The maximum absolute atomic E-state index is 10.9. The molecule has 0 saturated heterocycles. The molecule has 0 aromatic rings. The van der Waals surface area contributed by atoms with Crippen LogP contribution in [0, 0.1) is 0 Å². The van der Waals surface area contributed by atoms with Crippen molar-refractivity contribution in [3.63, 3.8) is 0 Å². The lowest BCUT2D eigenvalue weighted by Crippen LogP contribution is -2.02. The summed E-state index contributed by atoms with van der Waals surface area (Å²) in [6, 6.07) is 0. The average Bonchev–Trinajstić information content (AvgIpc) is 2.03. The van der Waals surface area contributed by atoms with Crippen LogP contribution in [0.15, 0.2) is 11.9 Å². The van der Waals surface area contributed by atoms with Crippen LogP contribution >= 0.6 is 7.92 Å². The van der Waals surface area contributed by atoms with Crippen LogP contribution in [-0.4, -0.2) is 24.4 Å². The van der Waals surface area contributed by atoms with Crippen molar-refractivity contribution in [2.45, 2.75) is 39.0 Å². The summed E-state index contributed by atoms with van der Waals surface area (Å²) in [5.74, 6) is 1.75. The molecular weight excluding hydrogens is 183 g/mol. The summed E-state index contributed by atoms with van der Waals surface area (Å²) in [5.41, 5.74) is 1.24. The van der Waals surface area contributed by atoms with Crippen LogP contribution in [0.4, 0.5) is 0 Å². The van der Waals surface area contributed by atoms with Crippen molar-refractivity contribution in [1.82, 2.24) is 0 Å². The molecule has 0 aliphatic carbocycles. The quantitative estimate of drug-likeness (QED) is 0.398. The standard InChI is InChI=1S/C10H19O2P/c1-8(2)13(9(3)4)7-6-10(11)12-5/h6-9H,1-5H3/b7-6+. The highest BCUT2D eigenvalue weighted by atomic mass is 31.1. The first-order valence-corrected chi connectivity index (χ1v) is 6.07. The summed E-state index contributed by atoms with van der Waals surface area (Å²) >= 11 is 0. The van der Waals surface area contributed by atoms with E-state index in [1.807, 2.05) is 5.82 Å². The molecule has 0 saturated carbocycles. The van der Waals surface area contributed by atoms with Crippen molar-refractivity contribution in [3.8, 4) is 0 Å². The van der Waals surface area contributed by atoms with Crippen LogP contribution in [0.25, 0.3) is 0 Å². The highest BCUT2D eigenvalue weighted by molar-refractivity contribution is 7.62. The largest absolute Gasteiger partial charge is 0.466 e. The van der Waals surface area contributed by atoms with Gasteiger partial charge in [-0.3, -0.25) is 0 Å². The predicted molar refractivity (Wildman–Crippen MR) is 58.3 cm³/mol. The van der Waals surface area contributed by atoms with Gasteiger partial charge in [0.05, 0.1) is 7.11 Å². The molecule has 0 heterocycles. The number of hydrogen-bond acceptors (Lipinski definition) is 2. The van der Waals surface area contributed by atoms with Gasteiger partial charge in [0.1, 0.15) is 0 Å². The van der Waals surface area contributed by atoms with Gasteiger partial charge >= 0.3 is 5.97 Å². The molecule has 13 heavy (non-hydrogen) atoms. The predicted octanol–water partition coefficient (Wildman–Crippen LogP) is 2.97. The fourth-order valence-corrected chi connectivity index (χ4v) is 3.33. The molecular formula is C10H19O2P. The van der Waals surface area contributed by atoms with Gasteiger partial charge < -0.3 is 4.74 Å². The molecule has 2 nitrogen and oxygen atoms in total. The molecule has 3 heteroatoms. The maximum Gasteiger partial charge on any atom is 0.330 e. The zero-order valence-corrected chi connectivity index (χ0v) is 9.97. The molecule has 76 valence electrons. The second-order valence-electron chi connectivity index (χ2n) is 3.47. The number of carbonyl (C=O) groups is 1. The van der Waals surface area contributed by atoms with Gasteiger partial charge in [0.15, 0.2) is 0 Å². The van der Waals surface area contributed by atoms with Gasteiger partial charge in [-0.25, -0.2) is 4.79 Å². The van der Waals surface area contributed by atoms with E-state index in [1.54, 1.807) is 6.08 Å². The van der Waals surface area contributed by atoms with E-state index in [4.69, 9.17) is 0 Å². The Hall–Kier alpha value is -0.360. The Labute approximate surface area is 82.1 Å². The number of ether oxygens (including phenoxy) is 1. The molecule has 0 spiro atoms. The minimum Gasteiger partial charge on any atom is -0.466 e. The second kappa shape index (κ2) is 6.15. The van der Waals surface area contributed by atoms with Crippen LogP contribution in [-0.2, 0) is 9.53 Å². The van der Waals surface area contributed by atoms with Crippen molar-refractivity contribution in [1.29, 1.82) is 0 Å². The lowest BCUT2D eigenvalue weighted by Gasteiger charge is -2.21. The molecule has 0 aliphatic rings. The average molecular weight is 202 g/mol. The highest BCUT2D eigenvalue weighted by Crippen LogP contribution is 2.47. The van der Waals surface area contributed by atoms with Gasteiger partial charge in [-0.1, -0.05) is 41.4 Å². The maximum atomic E-state index is 10.9. The number of hydrogen-bond donors (Lipinski definition) is 0. The smallest absolute Gasteiger partial charge is 0.330 e.